The van der Waals surface area contributed by atoms with Crippen LogP contribution in [0.5, 0.6) is 0 Å². The summed E-state index contributed by atoms with van der Waals surface area (Å²) in [6.45, 7) is 0. The molecule has 0 fully saturated rings. The van der Waals surface area contributed by atoms with Crippen LogP contribution in [0.25, 0.3) is 22.2 Å². The first kappa shape index (κ1) is 26.4. The van der Waals surface area contributed by atoms with Crippen LogP contribution < -0.4 is 17.0 Å². The molecule has 0 radical (unpaired) electrons. The van der Waals surface area contributed by atoms with E-state index in [9.17, 15) is 9.90 Å². The molecule has 0 saturated carbocycles. The number of hydrogen-bond donors (Lipinski definition) is 3. The average Bonchev–Trinajstić information content (AvgIpc) is 2.86. The molecule has 4 aromatic rings. The van der Waals surface area contributed by atoms with E-state index in [1.807, 2.05) is 25.1 Å². The Morgan fingerprint density at radius 2 is 1.78 bits per heavy atom. The van der Waals surface area contributed by atoms with Gasteiger partial charge in [-0.3, -0.25) is 10.5 Å². The highest BCUT2D eigenvalue weighted by molar-refractivity contribution is 6.29. The van der Waals surface area contributed by atoms with Crippen LogP contribution in [0.1, 0.15) is 16.7 Å². The van der Waals surface area contributed by atoms with Gasteiger partial charge in [-0.2, -0.15) is 5.26 Å². The standard InChI is InChI=1S/C23H17ClN4O2.C4H10N2/c1-28-20-10-9-16(23(26,30)15-7-5-14(13-25)6-8-15)11-18(20)17(12-22(28)29)19-3-2-4-21(24)27-19;1-6(2)4-3-5/h2-12,30H,26H2,1H3;3-4H,5H2,1-2H3/b;4-3-/t23-;/m1./s1. The van der Waals surface area contributed by atoms with E-state index >= 15 is 0 Å². The van der Waals surface area contributed by atoms with Crippen molar-refractivity contribution >= 4 is 22.5 Å². The molecule has 184 valence electrons. The molecule has 0 aliphatic carbocycles. The summed E-state index contributed by atoms with van der Waals surface area (Å²) in [6.07, 6.45) is 3.28. The third-order valence-electron chi connectivity index (χ3n) is 5.52. The van der Waals surface area contributed by atoms with Gasteiger partial charge < -0.3 is 20.3 Å². The Morgan fingerprint density at radius 3 is 2.33 bits per heavy atom. The first-order valence-corrected chi connectivity index (χ1v) is 11.3. The fourth-order valence-corrected chi connectivity index (χ4v) is 3.77. The summed E-state index contributed by atoms with van der Waals surface area (Å²) in [5.41, 5.74) is 12.4. The summed E-state index contributed by atoms with van der Waals surface area (Å²) in [5.74, 6) is 0. The zero-order valence-electron chi connectivity index (χ0n) is 20.2. The van der Waals surface area contributed by atoms with Crippen LogP contribution in [-0.4, -0.2) is 33.7 Å². The normalized spacial score (nSPS) is 12.5. The van der Waals surface area contributed by atoms with Gasteiger partial charge in [0.25, 0.3) is 5.56 Å². The molecule has 0 aliphatic heterocycles. The molecule has 9 heteroatoms. The van der Waals surface area contributed by atoms with Crippen LogP contribution in [0.4, 0.5) is 0 Å². The largest absolute Gasteiger partial charge is 0.403 e. The lowest BCUT2D eigenvalue weighted by Crippen LogP contribution is -2.37. The predicted octanol–water partition coefficient (Wildman–Crippen LogP) is 3.26. The fraction of sp³-hybridized carbons (Fsp3) is 0.148. The Labute approximate surface area is 214 Å². The number of nitrogens with two attached hydrogens (primary N) is 2. The van der Waals surface area contributed by atoms with Crippen molar-refractivity contribution in [1.29, 1.82) is 5.26 Å². The average molecular weight is 503 g/mol. The van der Waals surface area contributed by atoms with Crippen molar-refractivity contribution < 1.29 is 5.11 Å². The molecule has 0 saturated heterocycles. The number of fused-ring (bicyclic) bond motifs is 1. The highest BCUT2D eigenvalue weighted by Crippen LogP contribution is 2.32. The van der Waals surface area contributed by atoms with E-state index in [2.05, 4.69) is 4.98 Å². The summed E-state index contributed by atoms with van der Waals surface area (Å²) in [7, 11) is 5.52. The fourth-order valence-electron chi connectivity index (χ4n) is 3.61. The highest BCUT2D eigenvalue weighted by Gasteiger charge is 2.27. The number of halogens is 1. The Kier molecular flexibility index (Phi) is 8.12. The summed E-state index contributed by atoms with van der Waals surface area (Å²) >= 11 is 6.05. The van der Waals surface area contributed by atoms with E-state index in [-0.39, 0.29) is 5.56 Å². The van der Waals surface area contributed by atoms with E-state index in [1.165, 1.54) is 16.8 Å². The Hall–Kier alpha value is -4.16. The summed E-state index contributed by atoms with van der Waals surface area (Å²) in [6, 6.07) is 20.3. The van der Waals surface area contributed by atoms with Crippen LogP contribution in [0.2, 0.25) is 5.15 Å². The molecule has 0 unspecified atom stereocenters. The Bertz CT molecular complexity index is 1500. The Morgan fingerprint density at radius 1 is 1.11 bits per heavy atom. The number of aliphatic hydroxyl groups is 1. The second-order valence-electron chi connectivity index (χ2n) is 8.29. The maximum absolute atomic E-state index is 12.5. The number of hydrogen-bond acceptors (Lipinski definition) is 7. The maximum Gasteiger partial charge on any atom is 0.251 e. The van der Waals surface area contributed by atoms with Crippen LogP contribution in [0.3, 0.4) is 0 Å². The minimum atomic E-state index is -1.80. The molecule has 0 amide bonds. The van der Waals surface area contributed by atoms with E-state index in [4.69, 9.17) is 28.3 Å². The van der Waals surface area contributed by atoms with Gasteiger partial charge in [-0.05, 0) is 36.4 Å². The van der Waals surface area contributed by atoms with Crippen LogP contribution in [-0.2, 0) is 12.8 Å². The van der Waals surface area contributed by atoms with Gasteiger partial charge in [-0.15, -0.1) is 0 Å². The number of pyridine rings is 2. The molecule has 0 spiro atoms. The van der Waals surface area contributed by atoms with Gasteiger partial charge in [0.15, 0.2) is 5.72 Å². The molecule has 2 heterocycles. The van der Waals surface area contributed by atoms with Gasteiger partial charge in [0.1, 0.15) is 5.15 Å². The quantitative estimate of drug-likeness (QED) is 0.288. The van der Waals surface area contributed by atoms with Crippen molar-refractivity contribution in [2.24, 2.45) is 18.5 Å². The van der Waals surface area contributed by atoms with E-state index in [0.717, 1.165) is 0 Å². The number of rotatable bonds is 4. The predicted molar refractivity (Wildman–Crippen MR) is 143 cm³/mol. The summed E-state index contributed by atoms with van der Waals surface area (Å²) < 4.78 is 1.52. The molecular weight excluding hydrogens is 476 g/mol. The number of nitrogens with zero attached hydrogens (tertiary/aromatic N) is 4. The zero-order valence-corrected chi connectivity index (χ0v) is 20.9. The van der Waals surface area contributed by atoms with Crippen molar-refractivity contribution in [1.82, 2.24) is 14.5 Å². The molecule has 1 atom stereocenters. The highest BCUT2D eigenvalue weighted by atomic mass is 35.5. The number of benzene rings is 2. The molecule has 2 aromatic heterocycles. The lowest BCUT2D eigenvalue weighted by Gasteiger charge is -2.25. The SMILES string of the molecule is CN(C)/C=C\N.Cn1c(=O)cc(-c2cccc(Cl)n2)c2cc([C@](N)(O)c3ccc(C#N)cc3)ccc21. The molecule has 0 aliphatic rings. The van der Waals surface area contributed by atoms with Crippen molar-refractivity contribution in [3.63, 3.8) is 0 Å². The van der Waals surface area contributed by atoms with Gasteiger partial charge in [0.05, 0.1) is 22.8 Å². The van der Waals surface area contributed by atoms with Crippen LogP contribution >= 0.6 is 11.6 Å². The van der Waals surface area contributed by atoms with Gasteiger partial charge >= 0.3 is 0 Å². The number of nitriles is 1. The minimum Gasteiger partial charge on any atom is -0.403 e. The smallest absolute Gasteiger partial charge is 0.251 e. The van der Waals surface area contributed by atoms with Crippen molar-refractivity contribution in [3.8, 4) is 17.3 Å². The topological polar surface area (TPSA) is 134 Å². The third kappa shape index (κ3) is 5.73. The molecule has 5 N–H and O–H groups in total. The number of aromatic nitrogens is 2. The third-order valence-corrected chi connectivity index (χ3v) is 5.73. The molecule has 4 rings (SSSR count). The van der Waals surface area contributed by atoms with Crippen molar-refractivity contribution in [2.75, 3.05) is 14.1 Å². The lowest BCUT2D eigenvalue weighted by atomic mass is 9.92. The molecule has 36 heavy (non-hydrogen) atoms. The second kappa shape index (κ2) is 11.1. The molecule has 8 nitrogen and oxygen atoms in total. The van der Waals surface area contributed by atoms with Gasteiger partial charge in [0, 0.05) is 61.7 Å². The molecular formula is C27H27ClN6O2. The first-order chi connectivity index (χ1) is 17.1. The monoisotopic (exact) mass is 502 g/mol. The maximum atomic E-state index is 12.5. The van der Waals surface area contributed by atoms with Crippen LogP contribution in [0.15, 0.2) is 83.9 Å². The zero-order chi connectivity index (χ0) is 26.5. The van der Waals surface area contributed by atoms with E-state index in [1.54, 1.807) is 73.9 Å². The molecule has 0 bridgehead atoms. The van der Waals surface area contributed by atoms with E-state index < -0.39 is 5.72 Å². The summed E-state index contributed by atoms with van der Waals surface area (Å²) in [5, 5.41) is 21.1. The van der Waals surface area contributed by atoms with Crippen molar-refractivity contribution in [3.05, 3.63) is 111 Å². The minimum absolute atomic E-state index is 0.192. The lowest BCUT2D eigenvalue weighted by molar-refractivity contribution is 0.0885. The van der Waals surface area contributed by atoms with Crippen molar-refractivity contribution in [2.45, 2.75) is 5.72 Å². The van der Waals surface area contributed by atoms with Gasteiger partial charge in [-0.1, -0.05) is 35.9 Å². The summed E-state index contributed by atoms with van der Waals surface area (Å²) in [4.78, 5) is 18.7. The van der Waals surface area contributed by atoms with Crippen LogP contribution in [0, 0.1) is 11.3 Å². The molecule has 2 aromatic carbocycles. The van der Waals surface area contributed by atoms with E-state index in [0.29, 0.717) is 44.0 Å². The first-order valence-electron chi connectivity index (χ1n) is 10.9. The Balaban J connectivity index is 0.000000538. The second-order valence-corrected chi connectivity index (χ2v) is 8.68. The van der Waals surface area contributed by atoms with Gasteiger partial charge in [0.2, 0.25) is 0 Å². The number of aryl methyl sites for hydroxylation is 1. The van der Waals surface area contributed by atoms with Gasteiger partial charge in [-0.25, -0.2) is 4.98 Å².